The van der Waals surface area contributed by atoms with E-state index in [4.69, 9.17) is 4.74 Å². The Kier molecular flexibility index (Phi) is 7.82. The number of anilines is 1. The van der Waals surface area contributed by atoms with Crippen LogP contribution in [0, 0.1) is 6.92 Å². The second kappa shape index (κ2) is 10.8. The topological polar surface area (TPSA) is 128 Å². The first kappa shape index (κ1) is 24.7. The number of carbonyl (C=O) groups is 2. The molecule has 0 radical (unpaired) electrons. The lowest BCUT2D eigenvalue weighted by Gasteiger charge is -2.07. The van der Waals surface area contributed by atoms with Crippen LogP contribution in [0.1, 0.15) is 11.3 Å². The fourth-order valence-corrected chi connectivity index (χ4v) is 3.78. The Hall–Kier alpha value is -3.96. The number of aromatic nitrogens is 2. The zero-order chi connectivity index (χ0) is 24.7. The number of hydrogen-bond donors (Lipinski definition) is 2. The van der Waals surface area contributed by atoms with Gasteiger partial charge in [0, 0.05) is 12.5 Å². The summed E-state index contributed by atoms with van der Waals surface area (Å²) in [5.74, 6) is -1.68. The third-order valence-electron chi connectivity index (χ3n) is 4.84. The Morgan fingerprint density at radius 2 is 1.65 bits per heavy atom. The van der Waals surface area contributed by atoms with E-state index in [1.807, 2.05) is 6.07 Å². The van der Waals surface area contributed by atoms with E-state index < -0.39 is 40.6 Å². The molecule has 0 atom stereocenters. The number of amides is 1. The Morgan fingerprint density at radius 3 is 2.29 bits per heavy atom. The molecule has 34 heavy (non-hydrogen) atoms. The zero-order valence-corrected chi connectivity index (χ0v) is 19.4. The molecule has 1 aromatic heterocycles. The molecule has 3 rings (SSSR count). The lowest BCUT2D eigenvalue weighted by molar-refractivity contribution is -0.146. The van der Waals surface area contributed by atoms with Crippen LogP contribution >= 0.6 is 0 Å². The van der Waals surface area contributed by atoms with Crippen LogP contribution in [0.5, 0.6) is 0 Å². The number of carbonyl (C=O) groups excluding carboxylic acids is 2. The molecule has 1 amide bonds. The van der Waals surface area contributed by atoms with Gasteiger partial charge in [-0.3, -0.25) is 19.1 Å². The maximum Gasteiger partial charge on any atom is 0.321 e. The van der Waals surface area contributed by atoms with E-state index in [0.717, 1.165) is 5.41 Å². The number of rotatable bonds is 9. The lowest BCUT2D eigenvalue weighted by atomic mass is 10.2. The van der Waals surface area contributed by atoms with Gasteiger partial charge in [-0.05, 0) is 30.7 Å². The summed E-state index contributed by atoms with van der Waals surface area (Å²) < 4.78 is 33.9. The third-order valence-corrected chi connectivity index (χ3v) is 5.88. The highest BCUT2D eigenvalue weighted by Crippen LogP contribution is 2.13. The summed E-state index contributed by atoms with van der Waals surface area (Å²) in [7, 11) is -2.20. The summed E-state index contributed by atoms with van der Waals surface area (Å²) in [5, 5.41) is 3.38. The second-order valence-electron chi connectivity index (χ2n) is 7.22. The van der Waals surface area contributed by atoms with Gasteiger partial charge in [0.15, 0.2) is 6.61 Å². The van der Waals surface area contributed by atoms with Crippen LogP contribution < -0.4 is 15.6 Å². The highest BCUT2D eigenvalue weighted by Gasteiger charge is 2.19. The van der Waals surface area contributed by atoms with Crippen LogP contribution in [0.25, 0.3) is 11.8 Å². The number of ether oxygens (including phenoxy) is 1. The van der Waals surface area contributed by atoms with Crippen LogP contribution in [0.15, 0.2) is 70.9 Å². The van der Waals surface area contributed by atoms with Gasteiger partial charge in [0.2, 0.25) is 10.0 Å². The SMILES string of the molecule is Cc1c(NC(=O)COC(=O)CNS(=O)(=O)/C=C/c2ccccc2)c(=O)n(-c2ccccc2)n1C. The van der Waals surface area contributed by atoms with Gasteiger partial charge in [-0.1, -0.05) is 48.5 Å². The van der Waals surface area contributed by atoms with Crippen molar-refractivity contribution >= 4 is 33.7 Å². The molecule has 178 valence electrons. The van der Waals surface area contributed by atoms with E-state index in [2.05, 4.69) is 10.0 Å². The molecule has 0 spiro atoms. The van der Waals surface area contributed by atoms with E-state index in [0.29, 0.717) is 16.9 Å². The summed E-state index contributed by atoms with van der Waals surface area (Å²) in [4.78, 5) is 36.9. The summed E-state index contributed by atoms with van der Waals surface area (Å²) in [5.41, 5.74) is 1.42. The summed E-state index contributed by atoms with van der Waals surface area (Å²) in [6, 6.07) is 17.7. The van der Waals surface area contributed by atoms with Crippen molar-refractivity contribution in [2.45, 2.75) is 6.92 Å². The highest BCUT2D eigenvalue weighted by molar-refractivity contribution is 7.92. The van der Waals surface area contributed by atoms with E-state index in [1.54, 1.807) is 73.3 Å². The van der Waals surface area contributed by atoms with Gasteiger partial charge in [0.05, 0.1) is 11.4 Å². The molecule has 0 aliphatic heterocycles. The number of benzene rings is 2. The van der Waals surface area contributed by atoms with Gasteiger partial charge < -0.3 is 10.1 Å². The van der Waals surface area contributed by atoms with Crippen molar-refractivity contribution in [3.8, 4) is 5.69 Å². The van der Waals surface area contributed by atoms with Crippen LogP contribution in [0.4, 0.5) is 5.69 Å². The van der Waals surface area contributed by atoms with Crippen molar-refractivity contribution in [1.29, 1.82) is 0 Å². The molecule has 3 aromatic rings. The van der Waals surface area contributed by atoms with Crippen LogP contribution in [-0.2, 0) is 31.4 Å². The highest BCUT2D eigenvalue weighted by atomic mass is 32.2. The van der Waals surface area contributed by atoms with Crippen molar-refractivity contribution in [3.63, 3.8) is 0 Å². The number of nitrogens with one attached hydrogen (secondary N) is 2. The molecule has 2 N–H and O–H groups in total. The molecule has 0 fully saturated rings. The van der Waals surface area contributed by atoms with E-state index in [1.165, 1.54) is 10.8 Å². The Morgan fingerprint density at radius 1 is 1.03 bits per heavy atom. The fourth-order valence-electron chi connectivity index (χ4n) is 3.02. The van der Waals surface area contributed by atoms with Crippen molar-refractivity contribution in [2.75, 3.05) is 18.5 Å². The van der Waals surface area contributed by atoms with E-state index >= 15 is 0 Å². The molecule has 10 nitrogen and oxygen atoms in total. The Bertz CT molecular complexity index is 1360. The minimum atomic E-state index is -3.88. The first-order chi connectivity index (χ1) is 16.2. The molecular formula is C23H24N4O6S. The third kappa shape index (κ3) is 6.30. The van der Waals surface area contributed by atoms with Gasteiger partial charge in [-0.25, -0.2) is 17.8 Å². The Balaban J connectivity index is 1.54. The van der Waals surface area contributed by atoms with Crippen LogP contribution in [0.3, 0.4) is 0 Å². The second-order valence-corrected chi connectivity index (χ2v) is 8.88. The number of esters is 1. The molecule has 0 bridgehead atoms. The predicted molar refractivity (Wildman–Crippen MR) is 128 cm³/mol. The van der Waals surface area contributed by atoms with Gasteiger partial charge in [0.25, 0.3) is 11.5 Å². The van der Waals surface area contributed by atoms with Gasteiger partial charge >= 0.3 is 5.97 Å². The molecular weight excluding hydrogens is 460 g/mol. The Labute approximate surface area is 196 Å². The molecule has 0 aliphatic rings. The number of nitrogens with zero attached hydrogens (tertiary/aromatic N) is 2. The van der Waals surface area contributed by atoms with Crippen molar-refractivity contribution in [2.24, 2.45) is 7.05 Å². The van der Waals surface area contributed by atoms with Crippen LogP contribution in [-0.4, -0.2) is 42.8 Å². The van der Waals surface area contributed by atoms with Crippen molar-refractivity contribution < 1.29 is 22.7 Å². The smallest absolute Gasteiger partial charge is 0.321 e. The average molecular weight is 485 g/mol. The van der Waals surface area contributed by atoms with Gasteiger partial charge in [0.1, 0.15) is 12.2 Å². The summed E-state index contributed by atoms with van der Waals surface area (Å²) in [6.45, 7) is 0.333. The summed E-state index contributed by atoms with van der Waals surface area (Å²) >= 11 is 0. The van der Waals surface area contributed by atoms with Gasteiger partial charge in [-0.15, -0.1) is 0 Å². The predicted octanol–water partition coefficient (Wildman–Crippen LogP) is 1.56. The minimum Gasteiger partial charge on any atom is -0.455 e. The van der Waals surface area contributed by atoms with Gasteiger partial charge in [-0.2, -0.15) is 0 Å². The molecule has 0 unspecified atom stereocenters. The first-order valence-electron chi connectivity index (χ1n) is 10.2. The lowest BCUT2D eigenvalue weighted by Crippen LogP contribution is -2.31. The average Bonchev–Trinajstić information content (AvgIpc) is 3.04. The largest absolute Gasteiger partial charge is 0.455 e. The molecule has 0 saturated heterocycles. The molecule has 0 aliphatic carbocycles. The number of hydrogen-bond acceptors (Lipinski definition) is 6. The first-order valence-corrected chi connectivity index (χ1v) is 11.7. The molecule has 0 saturated carbocycles. The molecule has 2 aromatic carbocycles. The molecule has 11 heteroatoms. The monoisotopic (exact) mass is 484 g/mol. The maximum absolute atomic E-state index is 12.8. The van der Waals surface area contributed by atoms with Crippen LogP contribution in [0.2, 0.25) is 0 Å². The normalized spacial score (nSPS) is 11.5. The quantitative estimate of drug-likeness (QED) is 0.444. The van der Waals surface area contributed by atoms with E-state index in [-0.39, 0.29) is 5.69 Å². The minimum absolute atomic E-state index is 0.0548. The zero-order valence-electron chi connectivity index (χ0n) is 18.6. The van der Waals surface area contributed by atoms with E-state index in [9.17, 15) is 22.8 Å². The standard InChI is InChI=1S/C23H24N4O6S/c1-17-22(23(30)27(26(17)2)19-11-7-4-8-12-19)25-20(28)16-33-21(29)15-24-34(31,32)14-13-18-9-5-3-6-10-18/h3-14,24H,15-16H2,1-2H3,(H,25,28)/b14-13+. The fraction of sp³-hybridized carbons (Fsp3) is 0.174. The molecule has 1 heterocycles. The summed E-state index contributed by atoms with van der Waals surface area (Å²) in [6.07, 6.45) is 1.38. The van der Waals surface area contributed by atoms with Crippen molar-refractivity contribution in [1.82, 2.24) is 14.1 Å². The van der Waals surface area contributed by atoms with Crippen molar-refractivity contribution in [3.05, 3.63) is 87.7 Å². The maximum atomic E-state index is 12.8. The number of para-hydroxylation sites is 1. The number of sulfonamides is 1.